The summed E-state index contributed by atoms with van der Waals surface area (Å²) < 4.78 is 10.8. The standard InChI is InChI=1S/C25H30N2O4/c1-3-30-25(29)24-21-16-20(31-18(2)28)12-13-22(21)27(19-10-6-4-7-11-19)23(24)17-26-14-8-5-9-15-26/h4,6-7,10-13,16,22-23H,3,5,8-9,14-15,17H2,1-2H3. The average Bonchev–Trinajstić information content (AvgIpc) is 3.07. The number of fused-ring (bicyclic) bond motifs is 1. The highest BCUT2D eigenvalue weighted by Crippen LogP contribution is 2.40. The Labute approximate surface area is 183 Å². The predicted octanol–water partition coefficient (Wildman–Crippen LogP) is 3.61. The second kappa shape index (κ2) is 9.52. The maximum atomic E-state index is 13.2. The molecule has 0 aromatic heterocycles. The van der Waals surface area contributed by atoms with Crippen LogP contribution in [0.15, 0.2) is 65.5 Å². The molecule has 1 aliphatic carbocycles. The lowest BCUT2D eigenvalue weighted by atomic mass is 9.97. The van der Waals surface area contributed by atoms with Gasteiger partial charge in [-0.15, -0.1) is 0 Å². The van der Waals surface area contributed by atoms with Gasteiger partial charge in [-0.1, -0.05) is 30.7 Å². The lowest BCUT2D eigenvalue weighted by molar-refractivity contribution is -0.139. The molecule has 0 bridgehead atoms. The number of esters is 2. The van der Waals surface area contributed by atoms with E-state index >= 15 is 0 Å². The van der Waals surface area contributed by atoms with Crippen molar-refractivity contribution in [1.82, 2.24) is 4.90 Å². The number of ether oxygens (including phenoxy) is 2. The molecule has 1 aromatic rings. The van der Waals surface area contributed by atoms with Crippen molar-refractivity contribution in [3.63, 3.8) is 0 Å². The summed E-state index contributed by atoms with van der Waals surface area (Å²) >= 11 is 0. The van der Waals surface area contributed by atoms with Crippen LogP contribution in [-0.4, -0.2) is 55.2 Å². The Bertz CT molecular complexity index is 913. The number of hydrogen-bond donors (Lipinski definition) is 0. The Morgan fingerprint density at radius 3 is 2.52 bits per heavy atom. The van der Waals surface area contributed by atoms with Crippen molar-refractivity contribution in [1.29, 1.82) is 0 Å². The highest BCUT2D eigenvalue weighted by molar-refractivity contribution is 5.95. The van der Waals surface area contributed by atoms with Gasteiger partial charge in [0.15, 0.2) is 0 Å². The Balaban J connectivity index is 1.78. The number of allylic oxidation sites excluding steroid dienone is 1. The van der Waals surface area contributed by atoms with Gasteiger partial charge in [0.25, 0.3) is 0 Å². The third kappa shape index (κ3) is 4.59. The molecule has 1 fully saturated rings. The second-order valence-electron chi connectivity index (χ2n) is 8.15. The molecule has 2 atom stereocenters. The van der Waals surface area contributed by atoms with Crippen molar-refractivity contribution in [2.75, 3.05) is 31.1 Å². The van der Waals surface area contributed by atoms with Crippen LogP contribution in [0.1, 0.15) is 33.1 Å². The minimum atomic E-state index is -0.379. The summed E-state index contributed by atoms with van der Waals surface area (Å²) in [4.78, 5) is 29.4. The number of hydrogen-bond acceptors (Lipinski definition) is 6. The van der Waals surface area contributed by atoms with E-state index in [2.05, 4.69) is 21.9 Å². The molecular weight excluding hydrogens is 392 g/mol. The van der Waals surface area contributed by atoms with Gasteiger partial charge in [-0.3, -0.25) is 4.79 Å². The SMILES string of the molecule is CCOC(=O)C1=C2C=C(OC(C)=O)C=CC2N(c2ccccc2)C1CN1CCCCC1. The van der Waals surface area contributed by atoms with E-state index < -0.39 is 0 Å². The van der Waals surface area contributed by atoms with Crippen molar-refractivity contribution in [3.8, 4) is 0 Å². The van der Waals surface area contributed by atoms with Crippen molar-refractivity contribution in [2.24, 2.45) is 0 Å². The molecular formula is C25H30N2O4. The zero-order valence-electron chi connectivity index (χ0n) is 18.3. The van der Waals surface area contributed by atoms with Crippen molar-refractivity contribution < 1.29 is 19.1 Å². The van der Waals surface area contributed by atoms with E-state index in [0.29, 0.717) is 17.9 Å². The van der Waals surface area contributed by atoms with E-state index in [9.17, 15) is 9.59 Å². The Morgan fingerprint density at radius 2 is 1.84 bits per heavy atom. The van der Waals surface area contributed by atoms with Crippen molar-refractivity contribution in [3.05, 3.63) is 65.5 Å². The normalized spacial score (nSPS) is 23.4. The van der Waals surface area contributed by atoms with Crippen LogP contribution in [0, 0.1) is 0 Å². The Kier molecular flexibility index (Phi) is 6.56. The highest BCUT2D eigenvalue weighted by Gasteiger charge is 2.44. The summed E-state index contributed by atoms with van der Waals surface area (Å²) in [7, 11) is 0. The van der Waals surface area contributed by atoms with E-state index in [1.807, 2.05) is 43.4 Å². The number of benzene rings is 1. The summed E-state index contributed by atoms with van der Waals surface area (Å²) in [6, 6.07) is 9.93. The van der Waals surface area contributed by atoms with E-state index in [-0.39, 0.29) is 24.0 Å². The number of likely N-dealkylation sites (tertiary alicyclic amines) is 1. The van der Waals surface area contributed by atoms with E-state index in [4.69, 9.17) is 9.47 Å². The zero-order valence-corrected chi connectivity index (χ0v) is 18.3. The molecule has 0 N–H and O–H groups in total. The van der Waals surface area contributed by atoms with Gasteiger partial charge >= 0.3 is 11.9 Å². The fourth-order valence-electron chi connectivity index (χ4n) is 4.78. The summed E-state index contributed by atoms with van der Waals surface area (Å²) in [6.07, 6.45) is 9.28. The third-order valence-electron chi connectivity index (χ3n) is 6.03. The van der Waals surface area contributed by atoms with Gasteiger partial charge in [-0.05, 0) is 62.7 Å². The molecule has 3 aliphatic rings. The third-order valence-corrected chi connectivity index (χ3v) is 6.03. The van der Waals surface area contributed by atoms with Crippen LogP contribution >= 0.6 is 0 Å². The number of para-hydroxylation sites is 1. The van der Waals surface area contributed by atoms with Crippen LogP contribution in [0.4, 0.5) is 5.69 Å². The molecule has 1 aromatic carbocycles. The number of rotatable bonds is 6. The molecule has 1 saturated heterocycles. The highest BCUT2D eigenvalue weighted by atomic mass is 16.5. The molecule has 0 amide bonds. The molecule has 0 radical (unpaired) electrons. The largest absolute Gasteiger partial charge is 0.463 e. The fourth-order valence-corrected chi connectivity index (χ4v) is 4.78. The first-order chi connectivity index (χ1) is 15.1. The number of piperidine rings is 1. The van der Waals surface area contributed by atoms with Gasteiger partial charge in [-0.25, -0.2) is 4.79 Å². The molecule has 31 heavy (non-hydrogen) atoms. The average molecular weight is 423 g/mol. The molecule has 164 valence electrons. The molecule has 6 nitrogen and oxygen atoms in total. The molecule has 0 saturated carbocycles. The summed E-state index contributed by atoms with van der Waals surface area (Å²) in [5, 5.41) is 0. The summed E-state index contributed by atoms with van der Waals surface area (Å²) in [5.41, 5.74) is 2.57. The van der Waals surface area contributed by atoms with E-state index in [1.54, 1.807) is 0 Å². The molecule has 0 spiro atoms. The number of carbonyl (C=O) groups excluding carboxylic acids is 2. The lowest BCUT2D eigenvalue weighted by Crippen LogP contribution is -2.47. The van der Waals surface area contributed by atoms with Gasteiger partial charge in [0.05, 0.1) is 24.3 Å². The monoisotopic (exact) mass is 422 g/mol. The van der Waals surface area contributed by atoms with Crippen LogP contribution < -0.4 is 4.90 Å². The maximum absolute atomic E-state index is 13.2. The van der Waals surface area contributed by atoms with Gasteiger partial charge < -0.3 is 19.3 Å². The van der Waals surface area contributed by atoms with Crippen LogP contribution in [0.5, 0.6) is 0 Å². The molecule has 2 heterocycles. The van der Waals surface area contributed by atoms with Crippen LogP contribution in [0.3, 0.4) is 0 Å². The van der Waals surface area contributed by atoms with Gasteiger partial charge in [-0.2, -0.15) is 0 Å². The van der Waals surface area contributed by atoms with Crippen LogP contribution in [0.25, 0.3) is 0 Å². The minimum absolute atomic E-state index is 0.115. The van der Waals surface area contributed by atoms with Crippen LogP contribution in [0.2, 0.25) is 0 Å². The number of carbonyl (C=O) groups is 2. The zero-order chi connectivity index (χ0) is 21.8. The lowest BCUT2D eigenvalue weighted by Gasteiger charge is -2.37. The summed E-state index contributed by atoms with van der Waals surface area (Å²) in [6.45, 7) is 6.36. The van der Waals surface area contributed by atoms with E-state index in [1.165, 1.54) is 26.2 Å². The maximum Gasteiger partial charge on any atom is 0.336 e. The molecule has 2 unspecified atom stereocenters. The first-order valence-electron chi connectivity index (χ1n) is 11.1. The quantitative estimate of drug-likeness (QED) is 0.653. The Hall–Kier alpha value is -2.86. The first kappa shape index (κ1) is 21.4. The molecule has 2 aliphatic heterocycles. The van der Waals surface area contributed by atoms with Crippen molar-refractivity contribution >= 4 is 17.6 Å². The van der Waals surface area contributed by atoms with Gasteiger partial charge in [0.1, 0.15) is 5.76 Å². The smallest absolute Gasteiger partial charge is 0.336 e. The topological polar surface area (TPSA) is 59.1 Å². The second-order valence-corrected chi connectivity index (χ2v) is 8.15. The molecule has 4 rings (SSSR count). The minimum Gasteiger partial charge on any atom is -0.463 e. The number of anilines is 1. The molecule has 6 heteroatoms. The Morgan fingerprint density at radius 1 is 1.10 bits per heavy atom. The van der Waals surface area contributed by atoms with Crippen molar-refractivity contribution in [2.45, 2.75) is 45.2 Å². The predicted molar refractivity (Wildman–Crippen MR) is 119 cm³/mol. The van der Waals surface area contributed by atoms with Gasteiger partial charge in [0, 0.05) is 19.2 Å². The summed E-state index contributed by atoms with van der Waals surface area (Å²) in [5.74, 6) is -0.223. The van der Waals surface area contributed by atoms with Crippen LogP contribution in [-0.2, 0) is 19.1 Å². The van der Waals surface area contributed by atoms with E-state index in [0.717, 1.165) is 30.9 Å². The number of nitrogens with zero attached hydrogens (tertiary/aromatic N) is 2. The van der Waals surface area contributed by atoms with Gasteiger partial charge in [0.2, 0.25) is 0 Å². The first-order valence-corrected chi connectivity index (χ1v) is 11.1. The fraction of sp³-hybridized carbons (Fsp3) is 0.440.